The van der Waals surface area contributed by atoms with Crippen molar-refractivity contribution in [1.82, 2.24) is 34.7 Å². The third-order valence-corrected chi connectivity index (χ3v) is 6.01. The Bertz CT molecular complexity index is 1440. The predicted molar refractivity (Wildman–Crippen MR) is 126 cm³/mol. The monoisotopic (exact) mass is 439 g/mol. The van der Waals surface area contributed by atoms with E-state index in [1.54, 1.807) is 11.0 Å². The highest BCUT2D eigenvalue weighted by Crippen LogP contribution is 2.23. The summed E-state index contributed by atoms with van der Waals surface area (Å²) >= 11 is 0. The van der Waals surface area contributed by atoms with E-state index in [1.807, 2.05) is 66.9 Å². The smallest absolute Gasteiger partial charge is 0.220 e. The standard InChI is InChI=1S/C25H25N7O/c1-17-21(18(2)32-25(29-17)22-9-5-6-10-23(22)30-32)11-12-24(33)27-13-19-7-3-4-8-20(19)14-31-16-26-15-28-31/h3-10,15-16H,11-14H2,1-2H3,(H,27,33). The third kappa shape index (κ3) is 4.19. The minimum absolute atomic E-state index is 0.00934. The van der Waals surface area contributed by atoms with Crippen LogP contribution < -0.4 is 5.32 Å². The van der Waals surface area contributed by atoms with E-state index in [4.69, 9.17) is 10.1 Å². The molecule has 1 N–H and O–H groups in total. The molecule has 0 spiro atoms. The van der Waals surface area contributed by atoms with Crippen LogP contribution in [0.15, 0.2) is 61.2 Å². The van der Waals surface area contributed by atoms with Gasteiger partial charge in [0.2, 0.25) is 5.91 Å². The van der Waals surface area contributed by atoms with E-state index in [0.717, 1.165) is 44.6 Å². The van der Waals surface area contributed by atoms with Gasteiger partial charge in [-0.2, -0.15) is 10.2 Å². The molecule has 0 saturated heterocycles. The van der Waals surface area contributed by atoms with E-state index in [-0.39, 0.29) is 5.91 Å². The zero-order chi connectivity index (χ0) is 22.8. The second-order valence-corrected chi connectivity index (χ2v) is 8.15. The van der Waals surface area contributed by atoms with Crippen molar-refractivity contribution in [2.24, 2.45) is 0 Å². The van der Waals surface area contributed by atoms with E-state index >= 15 is 0 Å². The zero-order valence-electron chi connectivity index (χ0n) is 18.7. The van der Waals surface area contributed by atoms with Gasteiger partial charge in [0, 0.05) is 29.7 Å². The number of amides is 1. The van der Waals surface area contributed by atoms with Gasteiger partial charge in [-0.25, -0.2) is 19.2 Å². The molecule has 0 fully saturated rings. The molecule has 1 amide bonds. The summed E-state index contributed by atoms with van der Waals surface area (Å²) in [6.07, 6.45) is 4.21. The Labute approximate surface area is 191 Å². The van der Waals surface area contributed by atoms with Gasteiger partial charge in [-0.1, -0.05) is 36.4 Å². The second-order valence-electron chi connectivity index (χ2n) is 8.15. The molecule has 0 aliphatic rings. The first-order valence-electron chi connectivity index (χ1n) is 11.0. The second kappa shape index (κ2) is 8.82. The quantitative estimate of drug-likeness (QED) is 0.420. The van der Waals surface area contributed by atoms with Gasteiger partial charge in [0.05, 0.1) is 12.1 Å². The van der Waals surface area contributed by atoms with Gasteiger partial charge in [0.15, 0.2) is 5.65 Å². The molecule has 0 aliphatic carbocycles. The number of hydrogen-bond acceptors (Lipinski definition) is 5. The van der Waals surface area contributed by atoms with Crippen LogP contribution in [-0.4, -0.2) is 35.3 Å². The maximum absolute atomic E-state index is 12.7. The number of rotatable bonds is 7. The van der Waals surface area contributed by atoms with Crippen molar-refractivity contribution in [3.63, 3.8) is 0 Å². The van der Waals surface area contributed by atoms with E-state index in [0.29, 0.717) is 25.9 Å². The number of carbonyl (C=O) groups is 1. The maximum atomic E-state index is 12.7. The third-order valence-electron chi connectivity index (χ3n) is 6.01. The molecule has 0 radical (unpaired) electrons. The van der Waals surface area contributed by atoms with Crippen molar-refractivity contribution < 1.29 is 4.79 Å². The van der Waals surface area contributed by atoms with Gasteiger partial charge < -0.3 is 5.32 Å². The highest BCUT2D eigenvalue weighted by Gasteiger charge is 2.15. The van der Waals surface area contributed by atoms with Gasteiger partial charge in [-0.3, -0.25) is 4.79 Å². The number of aromatic nitrogens is 6. The largest absolute Gasteiger partial charge is 0.352 e. The normalized spacial score (nSPS) is 11.3. The Morgan fingerprint density at radius 2 is 1.82 bits per heavy atom. The Balaban J connectivity index is 1.27. The van der Waals surface area contributed by atoms with Crippen LogP contribution in [0.25, 0.3) is 16.6 Å². The Morgan fingerprint density at radius 1 is 1.03 bits per heavy atom. The van der Waals surface area contributed by atoms with E-state index in [1.165, 1.54) is 6.33 Å². The van der Waals surface area contributed by atoms with Crippen LogP contribution in [0.2, 0.25) is 0 Å². The molecule has 2 aromatic carbocycles. The molecule has 0 atom stereocenters. The fourth-order valence-corrected chi connectivity index (χ4v) is 4.23. The van der Waals surface area contributed by atoms with E-state index in [2.05, 4.69) is 15.4 Å². The van der Waals surface area contributed by atoms with E-state index in [9.17, 15) is 4.79 Å². The fourth-order valence-electron chi connectivity index (χ4n) is 4.23. The van der Waals surface area contributed by atoms with Crippen molar-refractivity contribution in [2.75, 3.05) is 0 Å². The van der Waals surface area contributed by atoms with Gasteiger partial charge in [0.25, 0.3) is 0 Å². The molecule has 8 nitrogen and oxygen atoms in total. The summed E-state index contributed by atoms with van der Waals surface area (Å²) in [5, 5.41) is 13.0. The summed E-state index contributed by atoms with van der Waals surface area (Å²) in [5.74, 6) is 0.00934. The Hall–Kier alpha value is -4.07. The van der Waals surface area contributed by atoms with Crippen molar-refractivity contribution in [3.8, 4) is 0 Å². The van der Waals surface area contributed by atoms with Crippen LogP contribution in [-0.2, 0) is 24.3 Å². The minimum atomic E-state index is 0.00934. The average Bonchev–Trinajstić information content (AvgIpc) is 3.46. The van der Waals surface area contributed by atoms with Crippen LogP contribution in [0.4, 0.5) is 0 Å². The molecular formula is C25H25N7O. The molecule has 33 heavy (non-hydrogen) atoms. The van der Waals surface area contributed by atoms with Gasteiger partial charge in [-0.05, 0) is 49.1 Å². The SMILES string of the molecule is Cc1nc2c3ccccc3nn2c(C)c1CCC(=O)NCc1ccccc1Cn1cncn1. The number of aryl methyl sites for hydroxylation is 2. The number of carbonyl (C=O) groups excluding carboxylic acids is 1. The zero-order valence-corrected chi connectivity index (χ0v) is 18.7. The lowest BCUT2D eigenvalue weighted by Crippen LogP contribution is -2.24. The highest BCUT2D eigenvalue weighted by molar-refractivity contribution is 5.92. The number of nitrogens with zero attached hydrogens (tertiary/aromatic N) is 6. The number of nitrogens with one attached hydrogen (secondary N) is 1. The molecule has 0 aliphatic heterocycles. The average molecular weight is 440 g/mol. The van der Waals surface area contributed by atoms with Gasteiger partial charge in [0.1, 0.15) is 12.7 Å². The molecule has 3 aromatic heterocycles. The number of fused-ring (bicyclic) bond motifs is 3. The first-order valence-corrected chi connectivity index (χ1v) is 11.0. The van der Waals surface area contributed by atoms with Crippen LogP contribution in [0.1, 0.15) is 34.5 Å². The molecule has 3 heterocycles. The number of benzene rings is 2. The van der Waals surface area contributed by atoms with Crippen LogP contribution in [0, 0.1) is 13.8 Å². The predicted octanol–water partition coefficient (Wildman–Crippen LogP) is 3.39. The summed E-state index contributed by atoms with van der Waals surface area (Å²) in [5.41, 5.74) is 6.99. The summed E-state index contributed by atoms with van der Waals surface area (Å²) < 4.78 is 3.67. The molecular weight excluding hydrogens is 414 g/mol. The van der Waals surface area contributed by atoms with Crippen LogP contribution in [0.5, 0.6) is 0 Å². The fraction of sp³-hybridized carbons (Fsp3) is 0.240. The Morgan fingerprint density at radius 3 is 2.64 bits per heavy atom. The molecule has 5 aromatic rings. The summed E-state index contributed by atoms with van der Waals surface area (Å²) in [6.45, 7) is 5.14. The highest BCUT2D eigenvalue weighted by atomic mass is 16.1. The first kappa shape index (κ1) is 20.8. The molecule has 8 heteroatoms. The van der Waals surface area contributed by atoms with Gasteiger partial charge >= 0.3 is 0 Å². The van der Waals surface area contributed by atoms with Crippen LogP contribution >= 0.6 is 0 Å². The summed E-state index contributed by atoms with van der Waals surface area (Å²) in [4.78, 5) is 21.5. The first-order chi connectivity index (χ1) is 16.1. The summed E-state index contributed by atoms with van der Waals surface area (Å²) in [7, 11) is 0. The molecule has 0 saturated carbocycles. The minimum Gasteiger partial charge on any atom is -0.352 e. The molecule has 0 bridgehead atoms. The van der Waals surface area contributed by atoms with E-state index < -0.39 is 0 Å². The molecule has 166 valence electrons. The lowest BCUT2D eigenvalue weighted by atomic mass is 10.1. The lowest BCUT2D eigenvalue weighted by molar-refractivity contribution is -0.121. The molecule has 5 rings (SSSR count). The summed E-state index contributed by atoms with van der Waals surface area (Å²) in [6, 6.07) is 16.1. The number of hydrogen-bond donors (Lipinski definition) is 1. The van der Waals surface area contributed by atoms with Gasteiger partial charge in [-0.15, -0.1) is 0 Å². The Kier molecular flexibility index (Phi) is 5.56. The maximum Gasteiger partial charge on any atom is 0.220 e. The van der Waals surface area contributed by atoms with Crippen molar-refractivity contribution >= 4 is 22.5 Å². The van der Waals surface area contributed by atoms with Crippen molar-refractivity contribution in [3.05, 3.63) is 89.3 Å². The van der Waals surface area contributed by atoms with Crippen LogP contribution in [0.3, 0.4) is 0 Å². The van der Waals surface area contributed by atoms with Crippen molar-refractivity contribution in [2.45, 2.75) is 39.8 Å². The molecule has 0 unspecified atom stereocenters. The topological polar surface area (TPSA) is 90.0 Å². The lowest BCUT2D eigenvalue weighted by Gasteiger charge is -2.13. The van der Waals surface area contributed by atoms with Crippen molar-refractivity contribution in [1.29, 1.82) is 0 Å².